The van der Waals surface area contributed by atoms with Gasteiger partial charge < -0.3 is 15.0 Å². The molecule has 0 aliphatic heterocycles. The summed E-state index contributed by atoms with van der Waals surface area (Å²) < 4.78 is 6.93. The van der Waals surface area contributed by atoms with Crippen molar-refractivity contribution in [2.24, 2.45) is 5.73 Å². The molecule has 5 heteroatoms. The van der Waals surface area contributed by atoms with Crippen molar-refractivity contribution < 1.29 is 9.53 Å². The number of aryl methyl sites for hydroxylation is 1. The first-order valence-electron chi connectivity index (χ1n) is 7.62. The average molecular weight is 321 g/mol. The smallest absolute Gasteiger partial charge is 0.354 e. The Balaban J connectivity index is 2.16. The summed E-state index contributed by atoms with van der Waals surface area (Å²) in [4.78, 5) is 12.3. The van der Waals surface area contributed by atoms with E-state index in [2.05, 4.69) is 0 Å². The number of nitrogens with one attached hydrogen (secondary N) is 1. The number of nitrogens with zero attached hydrogens (tertiary/aromatic N) is 1. The van der Waals surface area contributed by atoms with Crippen LogP contribution in [-0.2, 0) is 11.3 Å². The summed E-state index contributed by atoms with van der Waals surface area (Å²) in [7, 11) is 1.39. The van der Waals surface area contributed by atoms with Crippen LogP contribution in [0.3, 0.4) is 0 Å². The second kappa shape index (κ2) is 6.20. The molecule has 3 rings (SSSR count). The number of carbonyl (C=O) groups excluding carboxylic acids is 1. The van der Waals surface area contributed by atoms with Gasteiger partial charge in [-0.1, -0.05) is 36.4 Å². The molecule has 2 aromatic carbocycles. The van der Waals surface area contributed by atoms with Crippen molar-refractivity contribution in [3.8, 4) is 0 Å². The number of carbonyl (C=O) groups is 1. The van der Waals surface area contributed by atoms with Gasteiger partial charge >= 0.3 is 5.97 Å². The van der Waals surface area contributed by atoms with Gasteiger partial charge in [-0.3, -0.25) is 5.41 Å². The van der Waals surface area contributed by atoms with Gasteiger partial charge in [0, 0.05) is 23.0 Å². The number of methoxy groups -OCH3 is 1. The standard InChI is InChI=1S/C19H19N3O2/c1-12-15-8-3-4-9-16(15)22(17(12)19(23)24-2)11-13-6-5-7-14(10-13)18(20)21/h3-10H,11H2,1-2H3,(H3,20,21). The highest BCUT2D eigenvalue weighted by Crippen LogP contribution is 2.27. The Morgan fingerprint density at radius 2 is 1.96 bits per heavy atom. The number of ether oxygens (including phenoxy) is 1. The van der Waals surface area contributed by atoms with Crippen LogP contribution in [0.1, 0.15) is 27.2 Å². The Morgan fingerprint density at radius 1 is 1.21 bits per heavy atom. The summed E-state index contributed by atoms with van der Waals surface area (Å²) in [5, 5.41) is 8.61. The second-order valence-electron chi connectivity index (χ2n) is 5.68. The van der Waals surface area contributed by atoms with Gasteiger partial charge in [0.25, 0.3) is 0 Å². The summed E-state index contributed by atoms with van der Waals surface area (Å²) in [6, 6.07) is 15.4. The van der Waals surface area contributed by atoms with E-state index >= 15 is 0 Å². The molecule has 3 N–H and O–H groups in total. The predicted octanol–water partition coefficient (Wildman–Crippen LogP) is 3.07. The number of esters is 1. The molecule has 0 radical (unpaired) electrons. The quantitative estimate of drug-likeness (QED) is 0.440. The normalized spacial score (nSPS) is 10.8. The molecule has 3 aromatic rings. The largest absolute Gasteiger partial charge is 0.464 e. The van der Waals surface area contributed by atoms with E-state index in [4.69, 9.17) is 15.9 Å². The number of para-hydroxylation sites is 1. The first-order chi connectivity index (χ1) is 11.5. The number of benzene rings is 2. The minimum absolute atomic E-state index is 0.0265. The van der Waals surface area contributed by atoms with Crippen molar-refractivity contribution in [2.75, 3.05) is 7.11 Å². The molecule has 0 saturated heterocycles. The molecule has 1 aromatic heterocycles. The van der Waals surface area contributed by atoms with Gasteiger partial charge in [0.1, 0.15) is 11.5 Å². The minimum Gasteiger partial charge on any atom is -0.464 e. The summed E-state index contributed by atoms with van der Waals surface area (Å²) in [6.07, 6.45) is 0. The monoisotopic (exact) mass is 321 g/mol. The van der Waals surface area contributed by atoms with Crippen molar-refractivity contribution >= 4 is 22.7 Å². The predicted molar refractivity (Wildman–Crippen MR) is 94.6 cm³/mol. The lowest BCUT2D eigenvalue weighted by Gasteiger charge is -2.11. The van der Waals surface area contributed by atoms with Crippen LogP contribution >= 0.6 is 0 Å². The van der Waals surface area contributed by atoms with E-state index in [9.17, 15) is 4.79 Å². The summed E-state index contributed by atoms with van der Waals surface area (Å²) in [5.74, 6) is -0.329. The zero-order valence-corrected chi connectivity index (χ0v) is 13.7. The van der Waals surface area contributed by atoms with Crippen molar-refractivity contribution in [2.45, 2.75) is 13.5 Å². The molecule has 0 bridgehead atoms. The molecular formula is C19H19N3O2. The fourth-order valence-corrected chi connectivity index (χ4v) is 3.02. The molecule has 0 saturated carbocycles. The van der Waals surface area contributed by atoms with E-state index in [1.807, 2.05) is 54.0 Å². The number of hydrogen-bond donors (Lipinski definition) is 2. The fraction of sp³-hybridized carbons (Fsp3) is 0.158. The first kappa shape index (κ1) is 15.8. The number of amidine groups is 1. The van der Waals surface area contributed by atoms with E-state index in [0.29, 0.717) is 17.8 Å². The average Bonchev–Trinajstić information content (AvgIpc) is 2.87. The Labute approximate surface area is 140 Å². The maximum atomic E-state index is 12.3. The number of aromatic nitrogens is 1. The Morgan fingerprint density at radius 3 is 2.67 bits per heavy atom. The molecule has 24 heavy (non-hydrogen) atoms. The fourth-order valence-electron chi connectivity index (χ4n) is 3.02. The second-order valence-corrected chi connectivity index (χ2v) is 5.68. The number of fused-ring (bicyclic) bond motifs is 1. The van der Waals surface area contributed by atoms with Crippen molar-refractivity contribution in [1.29, 1.82) is 5.41 Å². The zero-order valence-electron chi connectivity index (χ0n) is 13.7. The van der Waals surface area contributed by atoms with Crippen LogP contribution in [0.2, 0.25) is 0 Å². The van der Waals surface area contributed by atoms with Crippen molar-refractivity contribution in [3.05, 3.63) is 70.9 Å². The number of hydrogen-bond acceptors (Lipinski definition) is 3. The van der Waals surface area contributed by atoms with Gasteiger partial charge in [-0.15, -0.1) is 0 Å². The van der Waals surface area contributed by atoms with E-state index in [-0.39, 0.29) is 11.8 Å². The summed E-state index contributed by atoms with van der Waals surface area (Å²) >= 11 is 0. The highest BCUT2D eigenvalue weighted by molar-refractivity contribution is 5.99. The van der Waals surface area contributed by atoms with E-state index in [1.165, 1.54) is 7.11 Å². The number of nitrogens with two attached hydrogens (primary N) is 1. The van der Waals surface area contributed by atoms with Gasteiger partial charge in [-0.2, -0.15) is 0 Å². The molecule has 0 atom stereocenters. The molecule has 122 valence electrons. The molecule has 0 aliphatic carbocycles. The Kier molecular flexibility index (Phi) is 4.08. The van der Waals surface area contributed by atoms with Crippen LogP contribution in [0.15, 0.2) is 48.5 Å². The van der Waals surface area contributed by atoms with Crippen LogP contribution in [-0.4, -0.2) is 23.5 Å². The summed E-state index contributed by atoms with van der Waals surface area (Å²) in [6.45, 7) is 2.43. The third-order valence-corrected chi connectivity index (χ3v) is 4.18. The lowest BCUT2D eigenvalue weighted by atomic mass is 10.1. The number of rotatable bonds is 4. The topological polar surface area (TPSA) is 81.1 Å². The highest BCUT2D eigenvalue weighted by Gasteiger charge is 2.20. The van der Waals surface area contributed by atoms with Crippen molar-refractivity contribution in [1.82, 2.24) is 4.57 Å². The van der Waals surface area contributed by atoms with Crippen LogP contribution < -0.4 is 5.73 Å². The molecule has 0 amide bonds. The van der Waals surface area contributed by atoms with Gasteiger partial charge in [0.05, 0.1) is 7.11 Å². The SMILES string of the molecule is COC(=O)c1c(C)c2ccccc2n1Cc1cccc(C(=N)N)c1. The van der Waals surface area contributed by atoms with Gasteiger partial charge in [0.2, 0.25) is 0 Å². The Hall–Kier alpha value is -3.08. The molecule has 0 aliphatic rings. The van der Waals surface area contributed by atoms with Gasteiger partial charge in [-0.05, 0) is 30.2 Å². The molecular weight excluding hydrogens is 302 g/mol. The summed E-state index contributed by atoms with van der Waals surface area (Å²) in [5.41, 5.74) is 9.63. The molecule has 1 heterocycles. The van der Waals surface area contributed by atoms with Gasteiger partial charge in [0.15, 0.2) is 0 Å². The van der Waals surface area contributed by atoms with Crippen molar-refractivity contribution in [3.63, 3.8) is 0 Å². The van der Waals surface area contributed by atoms with E-state index < -0.39 is 0 Å². The molecule has 0 unspecified atom stereocenters. The maximum Gasteiger partial charge on any atom is 0.354 e. The third kappa shape index (κ3) is 2.65. The van der Waals surface area contributed by atoms with Crippen LogP contribution in [0.25, 0.3) is 10.9 Å². The molecule has 0 fully saturated rings. The number of nitrogen functional groups attached to an aromatic ring is 1. The zero-order chi connectivity index (χ0) is 17.3. The lowest BCUT2D eigenvalue weighted by molar-refractivity contribution is 0.0588. The minimum atomic E-state index is -0.355. The lowest BCUT2D eigenvalue weighted by Crippen LogP contribution is -2.14. The third-order valence-electron chi connectivity index (χ3n) is 4.18. The first-order valence-corrected chi connectivity index (χ1v) is 7.62. The van der Waals surface area contributed by atoms with Crippen LogP contribution in [0.4, 0.5) is 0 Å². The van der Waals surface area contributed by atoms with Crippen LogP contribution in [0.5, 0.6) is 0 Å². The van der Waals surface area contributed by atoms with E-state index in [1.54, 1.807) is 6.07 Å². The van der Waals surface area contributed by atoms with Crippen LogP contribution in [0, 0.1) is 12.3 Å². The molecule has 0 spiro atoms. The van der Waals surface area contributed by atoms with Gasteiger partial charge in [-0.25, -0.2) is 4.79 Å². The highest BCUT2D eigenvalue weighted by atomic mass is 16.5. The maximum absolute atomic E-state index is 12.3. The van der Waals surface area contributed by atoms with E-state index in [0.717, 1.165) is 22.0 Å². The molecule has 5 nitrogen and oxygen atoms in total. The Bertz CT molecular complexity index is 941.